The molecule has 0 radical (unpaired) electrons. The third-order valence-corrected chi connectivity index (χ3v) is 3.00. The Hall–Kier alpha value is -0.260. The zero-order valence-corrected chi connectivity index (χ0v) is 10.1. The molecule has 0 fully saturated rings. The van der Waals surface area contributed by atoms with Crippen LogP contribution in [0.2, 0.25) is 10.0 Å². The highest BCUT2D eigenvalue weighted by Gasteiger charge is 2.62. The minimum absolute atomic E-state index is 0.109. The van der Waals surface area contributed by atoms with Gasteiger partial charge in [-0.15, -0.1) is 11.6 Å². The number of halogens is 8. The fourth-order valence-electron chi connectivity index (χ4n) is 1.05. The minimum Gasteiger partial charge on any atom is -0.194 e. The van der Waals surface area contributed by atoms with E-state index in [1.165, 1.54) is 0 Å². The number of hydrogen-bond acceptors (Lipinski definition) is 0. The van der Waals surface area contributed by atoms with Crippen molar-refractivity contribution in [3.8, 4) is 0 Å². The van der Waals surface area contributed by atoms with Crippen molar-refractivity contribution in [3.05, 3.63) is 33.8 Å². The molecule has 1 aromatic rings. The molecule has 1 aromatic carbocycles. The second kappa shape index (κ2) is 4.78. The van der Waals surface area contributed by atoms with Gasteiger partial charge in [-0.05, 0) is 17.7 Å². The van der Waals surface area contributed by atoms with Crippen LogP contribution in [0, 0.1) is 0 Å². The Morgan fingerprint density at radius 3 is 1.94 bits per heavy atom. The quantitative estimate of drug-likeness (QED) is 0.501. The first-order valence-corrected chi connectivity index (χ1v) is 5.30. The number of hydrogen-bond donors (Lipinski definition) is 0. The molecular weight excluding hydrogens is 309 g/mol. The summed E-state index contributed by atoms with van der Waals surface area (Å²) < 4.78 is 62.1. The van der Waals surface area contributed by atoms with Crippen molar-refractivity contribution in [3.63, 3.8) is 0 Å². The van der Waals surface area contributed by atoms with Crippen LogP contribution in [0.3, 0.4) is 0 Å². The molecule has 0 heterocycles. The lowest BCUT2D eigenvalue weighted by molar-refractivity contribution is -0.283. The number of benzene rings is 1. The standard InChI is InChI=1S/C9H4Cl3F5/c10-4-1-2-5(6(11)3-4)7(12)8(13,14)9(15,16)17/h1-3,7H. The van der Waals surface area contributed by atoms with Crippen LogP contribution < -0.4 is 0 Å². The molecule has 0 aromatic heterocycles. The summed E-state index contributed by atoms with van der Waals surface area (Å²) in [5.74, 6) is -5.08. The first-order valence-electron chi connectivity index (χ1n) is 4.11. The Morgan fingerprint density at radius 1 is 1.00 bits per heavy atom. The smallest absolute Gasteiger partial charge is 0.194 e. The van der Waals surface area contributed by atoms with Gasteiger partial charge in [-0.25, -0.2) is 0 Å². The number of alkyl halides is 6. The predicted octanol–water partition coefficient (Wildman–Crippen LogP) is 5.47. The van der Waals surface area contributed by atoms with E-state index in [0.717, 1.165) is 18.2 Å². The van der Waals surface area contributed by atoms with Crippen LogP contribution in [0.4, 0.5) is 22.0 Å². The van der Waals surface area contributed by atoms with Crippen molar-refractivity contribution in [2.75, 3.05) is 0 Å². The van der Waals surface area contributed by atoms with Gasteiger partial charge >= 0.3 is 12.1 Å². The lowest BCUT2D eigenvalue weighted by Gasteiger charge is -2.25. The van der Waals surface area contributed by atoms with E-state index < -0.39 is 23.0 Å². The molecule has 0 aliphatic carbocycles. The normalized spacial score (nSPS) is 14.8. The zero-order chi connectivity index (χ0) is 13.4. The summed E-state index contributed by atoms with van der Waals surface area (Å²) in [6, 6.07) is 3.10. The van der Waals surface area contributed by atoms with E-state index >= 15 is 0 Å². The van der Waals surface area contributed by atoms with Crippen LogP contribution in [0.1, 0.15) is 10.9 Å². The number of rotatable bonds is 2. The topological polar surface area (TPSA) is 0 Å². The van der Waals surface area contributed by atoms with Crippen LogP contribution in [0.5, 0.6) is 0 Å². The van der Waals surface area contributed by atoms with Gasteiger partial charge in [-0.2, -0.15) is 22.0 Å². The van der Waals surface area contributed by atoms with Crippen LogP contribution in [-0.4, -0.2) is 12.1 Å². The van der Waals surface area contributed by atoms with Gasteiger partial charge in [-0.1, -0.05) is 29.3 Å². The maximum absolute atomic E-state index is 12.9. The third-order valence-electron chi connectivity index (χ3n) is 1.93. The van der Waals surface area contributed by atoms with Crippen LogP contribution in [0.15, 0.2) is 18.2 Å². The van der Waals surface area contributed by atoms with Gasteiger partial charge in [0, 0.05) is 10.0 Å². The minimum atomic E-state index is -5.75. The van der Waals surface area contributed by atoms with E-state index in [9.17, 15) is 22.0 Å². The van der Waals surface area contributed by atoms with Crippen molar-refractivity contribution < 1.29 is 22.0 Å². The second-order valence-corrected chi connectivity index (χ2v) is 4.43. The third kappa shape index (κ3) is 2.95. The Bertz CT molecular complexity index is 416. The van der Waals surface area contributed by atoms with Crippen molar-refractivity contribution in [1.29, 1.82) is 0 Å². The summed E-state index contributed by atoms with van der Waals surface area (Å²) in [7, 11) is 0. The van der Waals surface area contributed by atoms with Gasteiger partial charge in [-0.3, -0.25) is 0 Å². The molecule has 0 amide bonds. The van der Waals surface area contributed by atoms with Crippen molar-refractivity contribution in [2.24, 2.45) is 0 Å². The van der Waals surface area contributed by atoms with E-state index in [1.807, 2.05) is 0 Å². The van der Waals surface area contributed by atoms with Gasteiger partial charge < -0.3 is 0 Å². The van der Waals surface area contributed by atoms with E-state index in [0.29, 0.717) is 0 Å². The molecule has 0 N–H and O–H groups in total. The molecule has 96 valence electrons. The average Bonchev–Trinajstić information content (AvgIpc) is 2.14. The first kappa shape index (κ1) is 14.8. The summed E-state index contributed by atoms with van der Waals surface area (Å²) in [5.41, 5.74) is -0.528. The fraction of sp³-hybridized carbons (Fsp3) is 0.333. The Balaban J connectivity index is 3.17. The molecule has 0 nitrogen and oxygen atoms in total. The molecule has 0 aliphatic rings. The highest BCUT2D eigenvalue weighted by molar-refractivity contribution is 6.36. The maximum Gasteiger partial charge on any atom is 0.455 e. The summed E-state index contributed by atoms with van der Waals surface area (Å²) in [5, 5.41) is -2.84. The molecule has 0 bridgehead atoms. The van der Waals surface area contributed by atoms with Crippen LogP contribution >= 0.6 is 34.8 Å². The van der Waals surface area contributed by atoms with Crippen molar-refractivity contribution in [2.45, 2.75) is 17.5 Å². The monoisotopic (exact) mass is 312 g/mol. The Morgan fingerprint density at radius 2 is 1.53 bits per heavy atom. The summed E-state index contributed by atoms with van der Waals surface area (Å²) in [6.07, 6.45) is -5.75. The lowest BCUT2D eigenvalue weighted by atomic mass is 10.1. The second-order valence-electron chi connectivity index (χ2n) is 3.15. The van der Waals surface area contributed by atoms with Gasteiger partial charge in [0.1, 0.15) is 5.38 Å². The average molecular weight is 313 g/mol. The van der Waals surface area contributed by atoms with Crippen LogP contribution in [0.25, 0.3) is 0 Å². The van der Waals surface area contributed by atoms with E-state index in [-0.39, 0.29) is 10.0 Å². The SMILES string of the molecule is FC(F)(F)C(F)(F)C(Cl)c1ccc(Cl)cc1Cl. The molecule has 1 unspecified atom stereocenters. The van der Waals surface area contributed by atoms with Crippen molar-refractivity contribution >= 4 is 34.8 Å². The highest BCUT2D eigenvalue weighted by atomic mass is 35.5. The maximum atomic E-state index is 12.9. The van der Waals surface area contributed by atoms with E-state index in [2.05, 4.69) is 0 Å². The van der Waals surface area contributed by atoms with Gasteiger partial charge in [0.2, 0.25) is 0 Å². The van der Waals surface area contributed by atoms with Crippen molar-refractivity contribution in [1.82, 2.24) is 0 Å². The Kier molecular flexibility index (Phi) is 4.16. The molecule has 8 heteroatoms. The van der Waals surface area contributed by atoms with E-state index in [4.69, 9.17) is 34.8 Å². The molecular formula is C9H4Cl3F5. The van der Waals surface area contributed by atoms with Gasteiger partial charge in [0.05, 0.1) is 0 Å². The van der Waals surface area contributed by atoms with Crippen LogP contribution in [-0.2, 0) is 0 Å². The van der Waals surface area contributed by atoms with Gasteiger partial charge in [0.25, 0.3) is 0 Å². The summed E-state index contributed by atoms with van der Waals surface area (Å²) in [4.78, 5) is 0. The fourth-order valence-corrected chi connectivity index (χ4v) is 1.93. The molecule has 0 aliphatic heterocycles. The molecule has 0 saturated heterocycles. The summed E-state index contributed by atoms with van der Waals surface area (Å²) in [6.45, 7) is 0. The first-order chi connectivity index (χ1) is 7.57. The molecule has 17 heavy (non-hydrogen) atoms. The Labute approximate surface area is 108 Å². The van der Waals surface area contributed by atoms with E-state index in [1.54, 1.807) is 0 Å². The molecule has 0 spiro atoms. The molecule has 1 atom stereocenters. The summed E-state index contributed by atoms with van der Waals surface area (Å²) >= 11 is 16.1. The predicted molar refractivity (Wildman–Crippen MR) is 56.1 cm³/mol. The van der Waals surface area contributed by atoms with Gasteiger partial charge in [0.15, 0.2) is 0 Å². The highest BCUT2D eigenvalue weighted by Crippen LogP contribution is 2.49. The zero-order valence-electron chi connectivity index (χ0n) is 7.83. The lowest BCUT2D eigenvalue weighted by Crippen LogP contribution is -2.40. The molecule has 0 saturated carbocycles. The molecule has 1 rings (SSSR count). The largest absolute Gasteiger partial charge is 0.455 e.